The van der Waals surface area contributed by atoms with E-state index >= 15 is 0 Å². The van der Waals surface area contributed by atoms with Gasteiger partial charge in [-0.25, -0.2) is 4.98 Å². The fraction of sp³-hybridized carbons (Fsp3) is 0.643. The van der Waals surface area contributed by atoms with Gasteiger partial charge in [0.2, 0.25) is 5.91 Å². The molecule has 116 valence electrons. The lowest BCUT2D eigenvalue weighted by molar-refractivity contribution is -0.154. The third kappa shape index (κ3) is 4.44. The highest BCUT2D eigenvalue weighted by molar-refractivity contribution is 7.98. The quantitative estimate of drug-likeness (QED) is 0.717. The fourth-order valence-corrected chi connectivity index (χ4v) is 3.79. The molecule has 1 aromatic rings. The zero-order valence-corrected chi connectivity index (χ0v) is 13.7. The van der Waals surface area contributed by atoms with Crippen LogP contribution in [0.1, 0.15) is 36.4 Å². The van der Waals surface area contributed by atoms with Gasteiger partial charge >= 0.3 is 5.97 Å². The van der Waals surface area contributed by atoms with E-state index < -0.39 is 11.4 Å². The summed E-state index contributed by atoms with van der Waals surface area (Å²) in [7, 11) is 0. The molecule has 0 unspecified atom stereocenters. The summed E-state index contributed by atoms with van der Waals surface area (Å²) in [6.07, 6.45) is 2.69. The minimum absolute atomic E-state index is 0.0653. The van der Waals surface area contributed by atoms with Gasteiger partial charge < -0.3 is 10.4 Å². The van der Waals surface area contributed by atoms with E-state index in [0.29, 0.717) is 19.3 Å². The van der Waals surface area contributed by atoms with E-state index in [0.717, 1.165) is 28.6 Å². The number of carbonyl (C=O) groups excluding carboxylic acids is 1. The SMILES string of the molecule is Cc1nc(CSCCC(=O)NCC2(C(=O)O)CCC2)cs1. The van der Waals surface area contributed by atoms with Crippen LogP contribution in [-0.2, 0) is 15.3 Å². The van der Waals surface area contributed by atoms with Crippen LogP contribution < -0.4 is 5.32 Å². The van der Waals surface area contributed by atoms with E-state index in [9.17, 15) is 14.7 Å². The molecule has 1 saturated carbocycles. The lowest BCUT2D eigenvalue weighted by atomic mass is 9.69. The number of hydrogen-bond donors (Lipinski definition) is 2. The molecule has 7 heteroatoms. The zero-order valence-electron chi connectivity index (χ0n) is 12.1. The van der Waals surface area contributed by atoms with E-state index in [1.807, 2.05) is 12.3 Å². The molecule has 1 aromatic heterocycles. The number of amides is 1. The largest absolute Gasteiger partial charge is 0.481 e. The average molecular weight is 328 g/mol. The highest BCUT2D eigenvalue weighted by Crippen LogP contribution is 2.40. The number of thiazole rings is 1. The Kier molecular flexibility index (Phi) is 5.64. The number of carboxylic acids is 1. The molecule has 1 fully saturated rings. The molecule has 21 heavy (non-hydrogen) atoms. The normalized spacial score (nSPS) is 16.2. The first-order valence-corrected chi connectivity index (χ1v) is 9.04. The Bertz CT molecular complexity index is 512. The number of hydrogen-bond acceptors (Lipinski definition) is 5. The van der Waals surface area contributed by atoms with Crippen LogP contribution in [0.4, 0.5) is 0 Å². The van der Waals surface area contributed by atoms with E-state index in [4.69, 9.17) is 0 Å². The highest BCUT2D eigenvalue weighted by atomic mass is 32.2. The Hall–Kier alpha value is -1.08. The van der Waals surface area contributed by atoms with Gasteiger partial charge in [0.15, 0.2) is 0 Å². The Morgan fingerprint density at radius 2 is 2.29 bits per heavy atom. The smallest absolute Gasteiger partial charge is 0.311 e. The first-order valence-electron chi connectivity index (χ1n) is 7.01. The molecule has 0 aromatic carbocycles. The summed E-state index contributed by atoms with van der Waals surface area (Å²) in [5.74, 6) is 0.686. The van der Waals surface area contributed by atoms with Crippen molar-refractivity contribution < 1.29 is 14.7 Å². The number of nitrogens with zero attached hydrogens (tertiary/aromatic N) is 1. The van der Waals surface area contributed by atoms with Crippen molar-refractivity contribution in [1.29, 1.82) is 0 Å². The maximum atomic E-state index is 11.7. The maximum absolute atomic E-state index is 11.7. The summed E-state index contributed by atoms with van der Waals surface area (Å²) >= 11 is 3.31. The molecule has 1 heterocycles. The molecule has 1 aliphatic rings. The predicted molar refractivity (Wildman–Crippen MR) is 84.6 cm³/mol. The molecule has 2 N–H and O–H groups in total. The number of rotatable bonds is 8. The van der Waals surface area contributed by atoms with Crippen molar-refractivity contribution in [3.05, 3.63) is 16.1 Å². The molecular weight excluding hydrogens is 308 g/mol. The molecule has 0 radical (unpaired) electrons. The summed E-state index contributed by atoms with van der Waals surface area (Å²) in [5, 5.41) is 15.0. The van der Waals surface area contributed by atoms with Gasteiger partial charge in [-0.05, 0) is 19.8 Å². The minimum Gasteiger partial charge on any atom is -0.481 e. The molecule has 0 spiro atoms. The van der Waals surface area contributed by atoms with Crippen LogP contribution >= 0.6 is 23.1 Å². The van der Waals surface area contributed by atoms with Gasteiger partial charge in [0.05, 0.1) is 16.1 Å². The van der Waals surface area contributed by atoms with Crippen LogP contribution in [0.15, 0.2) is 5.38 Å². The first-order chi connectivity index (χ1) is 10.0. The molecule has 2 rings (SSSR count). The second kappa shape index (κ2) is 7.26. The summed E-state index contributed by atoms with van der Waals surface area (Å²) in [6.45, 7) is 2.24. The molecule has 1 amide bonds. The molecule has 0 bridgehead atoms. The Morgan fingerprint density at radius 1 is 1.52 bits per heavy atom. The molecule has 0 saturated heterocycles. The molecule has 0 aliphatic heterocycles. The number of carbonyl (C=O) groups is 2. The summed E-state index contributed by atoms with van der Waals surface area (Å²) in [6, 6.07) is 0. The standard InChI is InChI=1S/C14H20N2O3S2/c1-10-16-11(8-21-10)7-20-6-3-12(17)15-9-14(13(18)19)4-2-5-14/h8H,2-7,9H2,1H3,(H,15,17)(H,18,19). The van der Waals surface area contributed by atoms with E-state index in [1.165, 1.54) is 0 Å². The summed E-state index contributed by atoms with van der Waals surface area (Å²) in [4.78, 5) is 27.3. The van der Waals surface area contributed by atoms with Gasteiger partial charge in [0.25, 0.3) is 0 Å². The molecule has 5 nitrogen and oxygen atoms in total. The fourth-order valence-electron chi connectivity index (χ4n) is 2.24. The van der Waals surface area contributed by atoms with Crippen LogP contribution in [0.3, 0.4) is 0 Å². The van der Waals surface area contributed by atoms with Gasteiger partial charge in [-0.2, -0.15) is 11.8 Å². The Labute approximate surface area is 132 Å². The van der Waals surface area contributed by atoms with Crippen molar-refractivity contribution in [3.63, 3.8) is 0 Å². The van der Waals surface area contributed by atoms with Gasteiger partial charge in [-0.1, -0.05) is 6.42 Å². The highest BCUT2D eigenvalue weighted by Gasteiger charge is 2.44. The first kappa shape index (κ1) is 16.3. The van der Waals surface area contributed by atoms with Crippen molar-refractivity contribution in [2.75, 3.05) is 12.3 Å². The second-order valence-corrected chi connectivity index (χ2v) is 7.54. The Balaban J connectivity index is 1.60. The van der Waals surface area contributed by atoms with Gasteiger partial charge in [0.1, 0.15) is 0 Å². The van der Waals surface area contributed by atoms with Crippen LogP contribution in [0.25, 0.3) is 0 Å². The van der Waals surface area contributed by atoms with Crippen LogP contribution in [-0.4, -0.2) is 34.3 Å². The zero-order chi connectivity index (χ0) is 15.3. The second-order valence-electron chi connectivity index (χ2n) is 5.38. The van der Waals surface area contributed by atoms with E-state index in [2.05, 4.69) is 10.3 Å². The summed E-state index contributed by atoms with van der Waals surface area (Å²) < 4.78 is 0. The molecular formula is C14H20N2O3S2. The third-order valence-corrected chi connectivity index (χ3v) is 5.59. The number of carboxylic acid groups (broad SMARTS) is 1. The van der Waals surface area contributed by atoms with Crippen molar-refractivity contribution in [2.45, 2.75) is 38.4 Å². The molecule has 1 aliphatic carbocycles. The minimum atomic E-state index is -0.790. The van der Waals surface area contributed by atoms with E-state index in [-0.39, 0.29) is 12.5 Å². The average Bonchev–Trinajstić information content (AvgIpc) is 2.79. The van der Waals surface area contributed by atoms with Crippen molar-refractivity contribution in [1.82, 2.24) is 10.3 Å². The van der Waals surface area contributed by atoms with Gasteiger partial charge in [-0.15, -0.1) is 11.3 Å². The number of aryl methyl sites for hydroxylation is 1. The predicted octanol–water partition coefficient (Wildman–Crippen LogP) is 2.45. The monoisotopic (exact) mass is 328 g/mol. The lowest BCUT2D eigenvalue weighted by Crippen LogP contribution is -2.47. The number of thioether (sulfide) groups is 1. The topological polar surface area (TPSA) is 79.3 Å². The van der Waals surface area contributed by atoms with E-state index in [1.54, 1.807) is 23.1 Å². The maximum Gasteiger partial charge on any atom is 0.311 e. The van der Waals surface area contributed by atoms with Gasteiger partial charge in [-0.3, -0.25) is 9.59 Å². The lowest BCUT2D eigenvalue weighted by Gasteiger charge is -2.37. The summed E-state index contributed by atoms with van der Waals surface area (Å²) in [5.41, 5.74) is 0.350. The van der Waals surface area contributed by atoms with Crippen LogP contribution in [0, 0.1) is 12.3 Å². The van der Waals surface area contributed by atoms with Gasteiger partial charge in [0, 0.05) is 29.9 Å². The molecule has 0 atom stereocenters. The van der Waals surface area contributed by atoms with Crippen molar-refractivity contribution >= 4 is 35.0 Å². The number of aromatic nitrogens is 1. The Morgan fingerprint density at radius 3 is 2.81 bits per heavy atom. The van der Waals surface area contributed by atoms with Crippen LogP contribution in [0.5, 0.6) is 0 Å². The van der Waals surface area contributed by atoms with Crippen LogP contribution in [0.2, 0.25) is 0 Å². The number of aliphatic carboxylic acids is 1. The number of nitrogens with one attached hydrogen (secondary N) is 1. The third-order valence-electron chi connectivity index (χ3n) is 3.78. The van der Waals surface area contributed by atoms with Crippen molar-refractivity contribution in [3.8, 4) is 0 Å². The van der Waals surface area contributed by atoms with Crippen molar-refractivity contribution in [2.24, 2.45) is 5.41 Å².